The molecule has 0 aliphatic carbocycles. The lowest BCUT2D eigenvalue weighted by atomic mass is 10.7. The molecule has 0 amide bonds. The molecule has 0 aromatic rings. The van der Waals surface area contributed by atoms with Gasteiger partial charge in [-0.1, -0.05) is 6.08 Å². The topological polar surface area (TPSA) is 66.8 Å². The molecule has 0 rings (SSSR count). The van der Waals surface area contributed by atoms with Gasteiger partial charge in [-0.2, -0.15) is 0 Å². The lowest BCUT2D eigenvalue weighted by Crippen LogP contribution is -1.86. The largest absolute Gasteiger partial charge is 0.469 e. The van der Waals surface area contributed by atoms with E-state index in [0.717, 1.165) is 0 Å². The van der Waals surface area contributed by atoms with Gasteiger partial charge in [-0.15, -0.1) is 6.58 Å². The second kappa shape index (κ2) is 5.19. The third kappa shape index (κ3) is 11.8. The van der Waals surface area contributed by atoms with E-state index in [9.17, 15) is 4.57 Å². The van der Waals surface area contributed by atoms with Crippen molar-refractivity contribution in [2.75, 3.05) is 6.61 Å². The van der Waals surface area contributed by atoms with E-state index in [0.29, 0.717) is 0 Å². The summed E-state index contributed by atoms with van der Waals surface area (Å²) >= 11 is 0. The van der Waals surface area contributed by atoms with Crippen molar-refractivity contribution in [3.8, 4) is 0 Å². The quantitative estimate of drug-likeness (QED) is 0.325. The van der Waals surface area contributed by atoms with Crippen molar-refractivity contribution in [3.63, 3.8) is 0 Å². The standard InChI is InChI=1S/C3H7O4P.Al.3H/c1-2-3-7-8(4,5)6;;;;/h2H,1,3H2,(H2,4,5,6);;;;. The van der Waals surface area contributed by atoms with Crippen LogP contribution in [0.25, 0.3) is 0 Å². The predicted octanol–water partition coefficient (Wildman–Crippen LogP) is -0.902. The van der Waals surface area contributed by atoms with Crippen LogP contribution in [0.3, 0.4) is 0 Å². The van der Waals surface area contributed by atoms with Crippen LogP contribution in [-0.4, -0.2) is 33.8 Å². The molecular weight excluding hydrogens is 158 g/mol. The second-order valence-corrected chi connectivity index (χ2v) is 2.31. The Balaban J connectivity index is 0. The molecule has 4 nitrogen and oxygen atoms in total. The highest BCUT2D eigenvalue weighted by Crippen LogP contribution is 2.35. The number of hydrogen-bond donors (Lipinski definition) is 2. The Morgan fingerprint density at radius 1 is 1.67 bits per heavy atom. The van der Waals surface area contributed by atoms with E-state index in [4.69, 9.17) is 9.79 Å². The monoisotopic (exact) mass is 168 g/mol. The van der Waals surface area contributed by atoms with Crippen LogP contribution in [0, 0.1) is 0 Å². The van der Waals surface area contributed by atoms with Crippen LogP contribution in [0.4, 0.5) is 0 Å². The van der Waals surface area contributed by atoms with Crippen LogP contribution in [0.5, 0.6) is 0 Å². The lowest BCUT2D eigenvalue weighted by molar-refractivity contribution is 0.216. The lowest BCUT2D eigenvalue weighted by Gasteiger charge is -1.98. The van der Waals surface area contributed by atoms with E-state index in [2.05, 4.69) is 11.1 Å². The molecule has 2 N–H and O–H groups in total. The van der Waals surface area contributed by atoms with Crippen LogP contribution in [-0.2, 0) is 9.09 Å². The van der Waals surface area contributed by atoms with Crippen LogP contribution < -0.4 is 0 Å². The van der Waals surface area contributed by atoms with Gasteiger partial charge < -0.3 is 9.79 Å². The summed E-state index contributed by atoms with van der Waals surface area (Å²) in [6.07, 6.45) is 1.26. The molecule has 0 heterocycles. The Hall–Kier alpha value is 0.382. The van der Waals surface area contributed by atoms with Crippen molar-refractivity contribution in [1.82, 2.24) is 0 Å². The number of phosphoric ester groups is 1. The van der Waals surface area contributed by atoms with E-state index in [-0.39, 0.29) is 24.0 Å². The van der Waals surface area contributed by atoms with Crippen molar-refractivity contribution in [3.05, 3.63) is 12.7 Å². The van der Waals surface area contributed by atoms with E-state index < -0.39 is 7.82 Å². The molecule has 0 aromatic carbocycles. The van der Waals surface area contributed by atoms with Crippen molar-refractivity contribution < 1.29 is 18.9 Å². The summed E-state index contributed by atoms with van der Waals surface area (Å²) in [5.74, 6) is 0. The normalized spacial score (nSPS) is 10.0. The van der Waals surface area contributed by atoms with E-state index in [1.807, 2.05) is 0 Å². The highest BCUT2D eigenvalue weighted by molar-refractivity contribution is 7.46. The summed E-state index contributed by atoms with van der Waals surface area (Å²) in [6, 6.07) is 0. The van der Waals surface area contributed by atoms with Crippen LogP contribution in [0.15, 0.2) is 12.7 Å². The first-order valence-electron chi connectivity index (χ1n) is 1.87. The minimum absolute atomic E-state index is 0. The van der Waals surface area contributed by atoms with Gasteiger partial charge in [-0.3, -0.25) is 4.52 Å². The van der Waals surface area contributed by atoms with Gasteiger partial charge in [0.25, 0.3) is 0 Å². The maximum atomic E-state index is 9.81. The van der Waals surface area contributed by atoms with Gasteiger partial charge in [0.15, 0.2) is 17.4 Å². The fraction of sp³-hybridized carbons (Fsp3) is 0.333. The smallest absolute Gasteiger partial charge is 0.303 e. The molecule has 0 atom stereocenters. The molecule has 0 aliphatic rings. The molecule has 0 saturated carbocycles. The molecule has 0 saturated heterocycles. The number of phosphoric acid groups is 1. The highest BCUT2D eigenvalue weighted by atomic mass is 31.2. The zero-order valence-electron chi connectivity index (χ0n) is 4.15. The Morgan fingerprint density at radius 2 is 2.11 bits per heavy atom. The molecule has 0 bridgehead atoms. The molecular formula is C3H10AlO4P. The Morgan fingerprint density at radius 3 is 2.22 bits per heavy atom. The second-order valence-electron chi connectivity index (χ2n) is 1.08. The molecule has 54 valence electrons. The third-order valence-electron chi connectivity index (χ3n) is 0.361. The van der Waals surface area contributed by atoms with E-state index in [1.165, 1.54) is 6.08 Å². The van der Waals surface area contributed by atoms with Gasteiger partial charge in [0.2, 0.25) is 0 Å². The van der Waals surface area contributed by atoms with Gasteiger partial charge in [0.1, 0.15) is 0 Å². The van der Waals surface area contributed by atoms with Gasteiger partial charge in [0.05, 0.1) is 6.61 Å². The fourth-order valence-corrected chi connectivity index (χ4v) is 0.449. The van der Waals surface area contributed by atoms with Crippen molar-refractivity contribution in [2.45, 2.75) is 0 Å². The number of hydrogen-bond acceptors (Lipinski definition) is 2. The van der Waals surface area contributed by atoms with E-state index in [1.54, 1.807) is 0 Å². The third-order valence-corrected chi connectivity index (χ3v) is 0.846. The highest BCUT2D eigenvalue weighted by Gasteiger charge is 2.10. The van der Waals surface area contributed by atoms with Crippen molar-refractivity contribution in [2.24, 2.45) is 0 Å². The van der Waals surface area contributed by atoms with Gasteiger partial charge in [-0.05, 0) is 0 Å². The maximum absolute atomic E-state index is 9.81. The SMILES string of the molecule is C=CCOP(=O)(O)O.[AlH3]. The summed E-state index contributed by atoms with van der Waals surface area (Å²) in [5, 5.41) is 0. The van der Waals surface area contributed by atoms with Gasteiger partial charge >= 0.3 is 7.82 Å². The van der Waals surface area contributed by atoms with Gasteiger partial charge in [0, 0.05) is 0 Å². The molecule has 0 aromatic heterocycles. The molecule has 0 radical (unpaired) electrons. The maximum Gasteiger partial charge on any atom is 0.469 e. The zero-order valence-corrected chi connectivity index (χ0v) is 5.04. The molecule has 0 fully saturated rings. The molecule has 0 aliphatic heterocycles. The van der Waals surface area contributed by atoms with Crippen LogP contribution in [0.1, 0.15) is 0 Å². The predicted molar refractivity (Wildman–Crippen MR) is 38.1 cm³/mol. The van der Waals surface area contributed by atoms with Crippen LogP contribution >= 0.6 is 7.82 Å². The molecule has 6 heteroatoms. The number of rotatable bonds is 3. The summed E-state index contributed by atoms with van der Waals surface area (Å²) in [4.78, 5) is 16.0. The van der Waals surface area contributed by atoms with Crippen molar-refractivity contribution in [1.29, 1.82) is 0 Å². The Kier molecular flexibility index (Phi) is 6.98. The first kappa shape index (κ1) is 12.1. The summed E-state index contributed by atoms with van der Waals surface area (Å²) in [7, 11) is -4.25. The molecule has 0 unspecified atom stereocenters. The summed E-state index contributed by atoms with van der Waals surface area (Å²) < 4.78 is 13.7. The summed E-state index contributed by atoms with van der Waals surface area (Å²) in [6.45, 7) is 3.07. The fourth-order valence-electron chi connectivity index (χ4n) is 0.150. The summed E-state index contributed by atoms with van der Waals surface area (Å²) in [5.41, 5.74) is 0. The molecule has 0 spiro atoms. The average Bonchev–Trinajstić information content (AvgIpc) is 1.59. The first-order chi connectivity index (χ1) is 3.56. The van der Waals surface area contributed by atoms with Crippen LogP contribution in [0.2, 0.25) is 0 Å². The minimum atomic E-state index is -4.25. The zero-order chi connectivity index (χ0) is 6.62. The minimum Gasteiger partial charge on any atom is -0.303 e. The Labute approximate surface area is 63.9 Å². The first-order valence-corrected chi connectivity index (χ1v) is 3.40. The molecule has 9 heavy (non-hydrogen) atoms. The average molecular weight is 168 g/mol. The van der Waals surface area contributed by atoms with E-state index >= 15 is 0 Å². The Bertz CT molecular complexity index is 119. The van der Waals surface area contributed by atoms with Gasteiger partial charge in [-0.25, -0.2) is 4.57 Å². The van der Waals surface area contributed by atoms with Crippen molar-refractivity contribution >= 4 is 25.2 Å².